The van der Waals surface area contributed by atoms with Gasteiger partial charge in [-0.15, -0.1) is 11.3 Å². The molecule has 0 saturated carbocycles. The first kappa shape index (κ1) is 27.1. The van der Waals surface area contributed by atoms with E-state index in [9.17, 15) is 13.5 Å². The van der Waals surface area contributed by atoms with Crippen molar-refractivity contribution in [2.75, 3.05) is 69.9 Å². The number of nitrogens with two attached hydrogens (primary N) is 1. The largest absolute Gasteiger partial charge is 0.378 e. The molecule has 1 unspecified atom stereocenters. The maximum atomic E-state index is 12.8. The monoisotopic (exact) mass is 562 g/mol. The van der Waals surface area contributed by atoms with Crippen LogP contribution in [0, 0.1) is 0 Å². The molecule has 5 rings (SSSR count). The van der Waals surface area contributed by atoms with E-state index in [2.05, 4.69) is 25.8 Å². The topological polar surface area (TPSA) is 151 Å². The molecule has 3 aromatic rings. The fourth-order valence-electron chi connectivity index (χ4n) is 4.75. The third-order valence-corrected chi connectivity index (χ3v) is 10.4. The minimum atomic E-state index is -3.36. The first-order valence-electron chi connectivity index (χ1n) is 12.7. The van der Waals surface area contributed by atoms with Crippen molar-refractivity contribution in [3.8, 4) is 11.4 Å². The predicted octanol–water partition coefficient (Wildman–Crippen LogP) is 0.826. The lowest BCUT2D eigenvalue weighted by molar-refractivity contribution is 0.0602. The van der Waals surface area contributed by atoms with Gasteiger partial charge in [-0.1, -0.05) is 0 Å². The number of nitrogen functional groups attached to an aromatic ring is 1. The van der Waals surface area contributed by atoms with E-state index >= 15 is 0 Å². The molecule has 2 aliphatic rings. The van der Waals surface area contributed by atoms with Gasteiger partial charge in [0.1, 0.15) is 6.23 Å². The minimum Gasteiger partial charge on any atom is -0.378 e. The second-order valence-electron chi connectivity index (χ2n) is 9.98. The molecule has 2 saturated heterocycles. The molecular weight excluding hydrogens is 528 g/mol. The van der Waals surface area contributed by atoms with E-state index in [4.69, 9.17) is 20.4 Å². The molecule has 14 heteroatoms. The maximum Gasteiger partial charge on any atom is 0.219 e. The zero-order valence-electron chi connectivity index (χ0n) is 21.7. The minimum absolute atomic E-state index is 0.200. The van der Waals surface area contributed by atoms with Crippen molar-refractivity contribution in [3.05, 3.63) is 23.3 Å². The van der Waals surface area contributed by atoms with Crippen molar-refractivity contribution in [2.45, 2.75) is 30.9 Å². The SMILES string of the molecule is CN(C)C(O)CS(=O)(=O)C1CCN(Cc2cc3nc(-c4cnc(N)nc4)nc(N4CCOCC4)c3s2)CC1. The van der Waals surface area contributed by atoms with Crippen LogP contribution in [0.15, 0.2) is 18.5 Å². The summed E-state index contributed by atoms with van der Waals surface area (Å²) >= 11 is 1.68. The van der Waals surface area contributed by atoms with Gasteiger partial charge < -0.3 is 20.5 Å². The third-order valence-electron chi connectivity index (χ3n) is 7.04. The van der Waals surface area contributed by atoms with Crippen molar-refractivity contribution in [3.63, 3.8) is 0 Å². The van der Waals surface area contributed by atoms with Crippen LogP contribution < -0.4 is 10.6 Å². The van der Waals surface area contributed by atoms with E-state index in [1.165, 1.54) is 4.90 Å². The first-order chi connectivity index (χ1) is 18.2. The summed E-state index contributed by atoms with van der Waals surface area (Å²) in [5.74, 6) is 1.40. The Labute approximate surface area is 226 Å². The van der Waals surface area contributed by atoms with Crippen molar-refractivity contribution >= 4 is 43.2 Å². The van der Waals surface area contributed by atoms with E-state index in [0.717, 1.165) is 40.5 Å². The number of likely N-dealkylation sites (tertiary alicyclic amines) is 1. The van der Waals surface area contributed by atoms with E-state index in [-0.39, 0.29) is 11.7 Å². The van der Waals surface area contributed by atoms with Crippen molar-refractivity contribution in [1.82, 2.24) is 29.7 Å². The molecule has 0 amide bonds. The van der Waals surface area contributed by atoms with Crippen LogP contribution in [0.4, 0.5) is 11.8 Å². The van der Waals surface area contributed by atoms with Crippen LogP contribution in [0.5, 0.6) is 0 Å². The number of aliphatic hydroxyl groups is 1. The summed E-state index contributed by atoms with van der Waals surface area (Å²) in [5, 5.41) is 9.62. The highest BCUT2D eigenvalue weighted by atomic mass is 32.2. The normalized spacial score (nSPS) is 18.9. The number of aromatic nitrogens is 4. The molecule has 206 valence electrons. The molecular formula is C24H34N8O4S2. The lowest BCUT2D eigenvalue weighted by atomic mass is 10.1. The second-order valence-corrected chi connectivity index (χ2v) is 13.4. The summed E-state index contributed by atoms with van der Waals surface area (Å²) in [6.07, 6.45) is 3.41. The average molecular weight is 563 g/mol. The maximum absolute atomic E-state index is 12.8. The Morgan fingerprint density at radius 3 is 2.50 bits per heavy atom. The number of anilines is 2. The number of sulfone groups is 1. The van der Waals surface area contributed by atoms with Gasteiger partial charge in [0.25, 0.3) is 0 Å². The Balaban J connectivity index is 1.34. The van der Waals surface area contributed by atoms with Crippen LogP contribution in [0.1, 0.15) is 17.7 Å². The lowest BCUT2D eigenvalue weighted by Crippen LogP contribution is -2.43. The molecule has 3 aromatic heterocycles. The van der Waals surface area contributed by atoms with E-state index in [1.54, 1.807) is 37.8 Å². The van der Waals surface area contributed by atoms with Crippen LogP contribution in [0.3, 0.4) is 0 Å². The number of hydrogen-bond donors (Lipinski definition) is 2. The molecule has 0 bridgehead atoms. The van der Waals surface area contributed by atoms with Crippen molar-refractivity contribution in [1.29, 1.82) is 0 Å². The molecule has 3 N–H and O–H groups in total. The molecule has 2 fully saturated rings. The van der Waals surface area contributed by atoms with Gasteiger partial charge in [-0.3, -0.25) is 9.80 Å². The third kappa shape index (κ3) is 6.05. The summed E-state index contributed by atoms with van der Waals surface area (Å²) in [6, 6.07) is 2.10. The second kappa shape index (κ2) is 11.3. The summed E-state index contributed by atoms with van der Waals surface area (Å²) < 4.78 is 32.2. The fourth-order valence-corrected chi connectivity index (χ4v) is 7.82. The zero-order chi connectivity index (χ0) is 26.9. The molecule has 5 heterocycles. The number of nitrogens with zero attached hydrogens (tertiary/aromatic N) is 7. The number of hydrogen-bond acceptors (Lipinski definition) is 13. The van der Waals surface area contributed by atoms with Gasteiger partial charge in [-0.05, 0) is 46.1 Å². The van der Waals surface area contributed by atoms with Crippen LogP contribution >= 0.6 is 11.3 Å². The Kier molecular flexibility index (Phi) is 8.07. The molecule has 0 radical (unpaired) electrons. The number of thiophene rings is 1. The molecule has 12 nitrogen and oxygen atoms in total. The number of ether oxygens (including phenoxy) is 1. The molecule has 0 spiro atoms. The molecule has 0 aromatic carbocycles. The summed E-state index contributed by atoms with van der Waals surface area (Å²) in [7, 11) is -0.0127. The van der Waals surface area contributed by atoms with Gasteiger partial charge in [-0.25, -0.2) is 28.4 Å². The zero-order valence-corrected chi connectivity index (χ0v) is 23.3. The van der Waals surface area contributed by atoms with Crippen LogP contribution in [0.25, 0.3) is 21.6 Å². The average Bonchev–Trinajstić information content (AvgIpc) is 3.31. The van der Waals surface area contributed by atoms with Gasteiger partial charge in [-0.2, -0.15) is 0 Å². The van der Waals surface area contributed by atoms with E-state index in [0.29, 0.717) is 50.5 Å². The van der Waals surface area contributed by atoms with E-state index in [1.807, 2.05) is 0 Å². The lowest BCUT2D eigenvalue weighted by Gasteiger charge is -2.32. The summed E-state index contributed by atoms with van der Waals surface area (Å²) in [4.78, 5) is 25.1. The highest BCUT2D eigenvalue weighted by Gasteiger charge is 2.32. The molecule has 2 aliphatic heterocycles. The Hall–Kier alpha value is -2.49. The van der Waals surface area contributed by atoms with Gasteiger partial charge in [0.15, 0.2) is 21.5 Å². The van der Waals surface area contributed by atoms with Crippen molar-refractivity contribution < 1.29 is 18.3 Å². The van der Waals surface area contributed by atoms with Crippen LogP contribution in [0.2, 0.25) is 0 Å². The van der Waals surface area contributed by atoms with Crippen LogP contribution in [-0.4, -0.2) is 114 Å². The van der Waals surface area contributed by atoms with Crippen molar-refractivity contribution in [2.24, 2.45) is 0 Å². The standard InChI is InChI=1S/C24H34N8O4S2/c1-30(2)20(33)15-38(34,35)18-3-5-31(6-4-18)14-17-11-19-21(37-17)23(32-7-9-36-10-8-32)29-22(28-19)16-12-26-24(25)27-13-16/h11-13,18,20,33H,3-10,14-15H2,1-2H3,(H2,25,26,27). The summed E-state index contributed by atoms with van der Waals surface area (Å²) in [6.45, 7) is 4.89. The molecule has 38 heavy (non-hydrogen) atoms. The molecule has 1 atom stereocenters. The Morgan fingerprint density at radius 1 is 1.16 bits per heavy atom. The quantitative estimate of drug-likeness (QED) is 0.374. The smallest absolute Gasteiger partial charge is 0.219 e. The number of piperidine rings is 1. The van der Waals surface area contributed by atoms with Gasteiger partial charge >= 0.3 is 0 Å². The molecule has 0 aliphatic carbocycles. The number of morpholine rings is 1. The highest BCUT2D eigenvalue weighted by Crippen LogP contribution is 2.35. The van der Waals surface area contributed by atoms with E-state index < -0.39 is 21.3 Å². The number of rotatable bonds is 8. The highest BCUT2D eigenvalue weighted by molar-refractivity contribution is 7.92. The van der Waals surface area contributed by atoms with Gasteiger partial charge in [0, 0.05) is 36.9 Å². The summed E-state index contributed by atoms with van der Waals surface area (Å²) in [5.41, 5.74) is 7.23. The Bertz CT molecular complexity index is 1350. The predicted molar refractivity (Wildman–Crippen MR) is 148 cm³/mol. The Morgan fingerprint density at radius 2 is 1.84 bits per heavy atom. The fraction of sp³-hybridized carbons (Fsp3) is 0.583. The van der Waals surface area contributed by atoms with Crippen LogP contribution in [-0.2, 0) is 21.1 Å². The number of aliphatic hydroxyl groups excluding tert-OH is 1. The van der Waals surface area contributed by atoms with Gasteiger partial charge in [0.2, 0.25) is 5.95 Å². The van der Waals surface area contributed by atoms with Gasteiger partial charge in [0.05, 0.1) is 40.0 Å². The first-order valence-corrected chi connectivity index (χ1v) is 15.2. The number of fused-ring (bicyclic) bond motifs is 1.